The summed E-state index contributed by atoms with van der Waals surface area (Å²) in [4.78, 5) is 2.48. The Kier molecular flexibility index (Phi) is 4.01. The number of alkyl halides is 1. The van der Waals surface area contributed by atoms with Crippen LogP contribution in [0.1, 0.15) is 11.1 Å². The summed E-state index contributed by atoms with van der Waals surface area (Å²) in [6, 6.07) is 8.59. The molecule has 1 aromatic rings. The SMILES string of the molecule is ClCc1ccc(CN2CCNCC2)cc1. The van der Waals surface area contributed by atoms with Gasteiger partial charge in [-0.25, -0.2) is 0 Å². The highest BCUT2D eigenvalue weighted by Gasteiger charge is 2.09. The molecule has 1 heterocycles. The summed E-state index contributed by atoms with van der Waals surface area (Å²) in [6.45, 7) is 5.58. The first-order valence-corrected chi connectivity index (χ1v) is 5.99. The highest BCUT2D eigenvalue weighted by molar-refractivity contribution is 6.17. The lowest BCUT2D eigenvalue weighted by Crippen LogP contribution is -2.42. The van der Waals surface area contributed by atoms with Gasteiger partial charge in [0.1, 0.15) is 0 Å². The van der Waals surface area contributed by atoms with Crippen LogP contribution in [0.3, 0.4) is 0 Å². The van der Waals surface area contributed by atoms with E-state index in [0.717, 1.165) is 32.7 Å². The maximum absolute atomic E-state index is 5.75. The number of benzene rings is 1. The van der Waals surface area contributed by atoms with E-state index < -0.39 is 0 Å². The summed E-state index contributed by atoms with van der Waals surface area (Å²) in [5.41, 5.74) is 2.58. The molecule has 1 aromatic carbocycles. The van der Waals surface area contributed by atoms with Crippen molar-refractivity contribution in [1.29, 1.82) is 0 Å². The molecule has 0 spiro atoms. The summed E-state index contributed by atoms with van der Waals surface area (Å²) in [5, 5.41) is 3.36. The zero-order chi connectivity index (χ0) is 10.5. The summed E-state index contributed by atoms with van der Waals surface area (Å²) in [6.07, 6.45) is 0. The Bertz CT molecular complexity index is 291. The molecule has 1 saturated heterocycles. The normalized spacial score (nSPS) is 17.9. The molecule has 82 valence electrons. The van der Waals surface area contributed by atoms with Gasteiger partial charge in [0.25, 0.3) is 0 Å². The molecule has 2 rings (SSSR count). The number of nitrogens with zero attached hydrogens (tertiary/aromatic N) is 1. The van der Waals surface area contributed by atoms with Crippen molar-refractivity contribution >= 4 is 11.6 Å². The van der Waals surface area contributed by atoms with Crippen LogP contribution in [0, 0.1) is 0 Å². The second-order valence-corrected chi connectivity index (χ2v) is 4.24. The topological polar surface area (TPSA) is 15.3 Å². The van der Waals surface area contributed by atoms with Crippen molar-refractivity contribution in [2.45, 2.75) is 12.4 Å². The maximum atomic E-state index is 5.75. The molecule has 0 radical (unpaired) electrons. The van der Waals surface area contributed by atoms with E-state index in [2.05, 4.69) is 34.5 Å². The summed E-state index contributed by atoms with van der Waals surface area (Å²) in [7, 11) is 0. The van der Waals surface area contributed by atoms with Crippen molar-refractivity contribution in [1.82, 2.24) is 10.2 Å². The van der Waals surface area contributed by atoms with E-state index in [1.54, 1.807) is 0 Å². The average Bonchev–Trinajstić information content (AvgIpc) is 2.31. The quantitative estimate of drug-likeness (QED) is 0.789. The standard InChI is InChI=1S/C12H17ClN2/c13-9-11-1-3-12(4-2-11)10-15-7-5-14-6-8-15/h1-4,14H,5-10H2. The molecule has 2 nitrogen and oxygen atoms in total. The number of rotatable bonds is 3. The van der Waals surface area contributed by atoms with Gasteiger partial charge in [-0.05, 0) is 11.1 Å². The minimum atomic E-state index is 0.605. The number of halogens is 1. The van der Waals surface area contributed by atoms with Crippen LogP contribution in [-0.4, -0.2) is 31.1 Å². The Labute approximate surface area is 96.2 Å². The Morgan fingerprint density at radius 1 is 1.07 bits per heavy atom. The van der Waals surface area contributed by atoms with E-state index >= 15 is 0 Å². The predicted molar refractivity (Wildman–Crippen MR) is 64.1 cm³/mol. The first-order valence-electron chi connectivity index (χ1n) is 5.45. The van der Waals surface area contributed by atoms with Gasteiger partial charge in [0, 0.05) is 38.6 Å². The van der Waals surface area contributed by atoms with Crippen LogP contribution in [0.15, 0.2) is 24.3 Å². The minimum Gasteiger partial charge on any atom is -0.314 e. The van der Waals surface area contributed by atoms with Crippen LogP contribution in [0.5, 0.6) is 0 Å². The average molecular weight is 225 g/mol. The highest BCUT2D eigenvalue weighted by atomic mass is 35.5. The lowest BCUT2D eigenvalue weighted by atomic mass is 10.1. The first-order chi connectivity index (χ1) is 7.38. The molecule has 0 bridgehead atoms. The summed E-state index contributed by atoms with van der Waals surface area (Å²) < 4.78 is 0. The second kappa shape index (κ2) is 5.50. The molecular formula is C12H17ClN2. The zero-order valence-corrected chi connectivity index (χ0v) is 9.63. The van der Waals surface area contributed by atoms with E-state index in [9.17, 15) is 0 Å². The minimum absolute atomic E-state index is 0.605. The Balaban J connectivity index is 1.91. The van der Waals surface area contributed by atoms with Gasteiger partial charge >= 0.3 is 0 Å². The van der Waals surface area contributed by atoms with Crippen LogP contribution < -0.4 is 5.32 Å². The van der Waals surface area contributed by atoms with Crippen molar-refractivity contribution in [2.24, 2.45) is 0 Å². The van der Waals surface area contributed by atoms with Gasteiger partial charge in [-0.3, -0.25) is 4.90 Å². The van der Waals surface area contributed by atoms with Gasteiger partial charge in [0.15, 0.2) is 0 Å². The fourth-order valence-corrected chi connectivity index (χ4v) is 2.04. The second-order valence-electron chi connectivity index (χ2n) is 3.98. The third-order valence-corrected chi connectivity index (χ3v) is 3.10. The monoisotopic (exact) mass is 224 g/mol. The van der Waals surface area contributed by atoms with E-state index in [1.165, 1.54) is 11.1 Å². The summed E-state index contributed by atoms with van der Waals surface area (Å²) >= 11 is 5.75. The van der Waals surface area contributed by atoms with Crippen molar-refractivity contribution in [3.8, 4) is 0 Å². The molecule has 3 heteroatoms. The number of piperazine rings is 1. The largest absolute Gasteiger partial charge is 0.314 e. The third-order valence-electron chi connectivity index (χ3n) is 2.79. The van der Waals surface area contributed by atoms with Gasteiger partial charge in [0.05, 0.1) is 0 Å². The van der Waals surface area contributed by atoms with Crippen molar-refractivity contribution in [3.05, 3.63) is 35.4 Å². The van der Waals surface area contributed by atoms with Crippen LogP contribution in [0.25, 0.3) is 0 Å². The van der Waals surface area contributed by atoms with E-state index in [0.29, 0.717) is 5.88 Å². The predicted octanol–water partition coefficient (Wildman–Crippen LogP) is 1.83. The number of hydrogen-bond donors (Lipinski definition) is 1. The summed E-state index contributed by atoms with van der Waals surface area (Å²) in [5.74, 6) is 0.605. The highest BCUT2D eigenvalue weighted by Crippen LogP contribution is 2.09. The number of nitrogens with one attached hydrogen (secondary N) is 1. The molecule has 0 aliphatic carbocycles. The van der Waals surface area contributed by atoms with Gasteiger partial charge in [-0.15, -0.1) is 11.6 Å². The molecule has 0 unspecified atom stereocenters. The van der Waals surface area contributed by atoms with Crippen LogP contribution in [-0.2, 0) is 12.4 Å². The molecule has 0 aromatic heterocycles. The van der Waals surface area contributed by atoms with E-state index in [-0.39, 0.29) is 0 Å². The lowest BCUT2D eigenvalue weighted by molar-refractivity contribution is 0.233. The molecule has 1 fully saturated rings. The molecule has 0 amide bonds. The fourth-order valence-electron chi connectivity index (χ4n) is 1.86. The van der Waals surface area contributed by atoms with E-state index in [4.69, 9.17) is 11.6 Å². The van der Waals surface area contributed by atoms with E-state index in [1.807, 2.05) is 0 Å². The van der Waals surface area contributed by atoms with Gasteiger partial charge < -0.3 is 5.32 Å². The third kappa shape index (κ3) is 3.20. The first kappa shape index (κ1) is 10.9. The van der Waals surface area contributed by atoms with Crippen LogP contribution in [0.4, 0.5) is 0 Å². The Hall–Kier alpha value is -0.570. The van der Waals surface area contributed by atoms with Crippen LogP contribution >= 0.6 is 11.6 Å². The Morgan fingerprint density at radius 2 is 1.67 bits per heavy atom. The molecular weight excluding hydrogens is 208 g/mol. The van der Waals surface area contributed by atoms with Gasteiger partial charge in [-0.2, -0.15) is 0 Å². The molecule has 15 heavy (non-hydrogen) atoms. The molecule has 0 atom stereocenters. The zero-order valence-electron chi connectivity index (χ0n) is 8.88. The fraction of sp³-hybridized carbons (Fsp3) is 0.500. The van der Waals surface area contributed by atoms with Crippen molar-refractivity contribution < 1.29 is 0 Å². The number of hydrogen-bond acceptors (Lipinski definition) is 2. The Morgan fingerprint density at radius 3 is 2.27 bits per heavy atom. The van der Waals surface area contributed by atoms with Crippen molar-refractivity contribution in [2.75, 3.05) is 26.2 Å². The molecule has 0 saturated carbocycles. The molecule has 1 aliphatic rings. The molecule has 1 aliphatic heterocycles. The maximum Gasteiger partial charge on any atom is 0.0474 e. The van der Waals surface area contributed by atoms with Crippen molar-refractivity contribution in [3.63, 3.8) is 0 Å². The molecule has 1 N–H and O–H groups in total. The smallest absolute Gasteiger partial charge is 0.0474 e. The van der Waals surface area contributed by atoms with Crippen LogP contribution in [0.2, 0.25) is 0 Å². The van der Waals surface area contributed by atoms with Gasteiger partial charge in [-0.1, -0.05) is 24.3 Å². The van der Waals surface area contributed by atoms with Gasteiger partial charge in [0.2, 0.25) is 0 Å². The lowest BCUT2D eigenvalue weighted by Gasteiger charge is -2.27.